The van der Waals surface area contributed by atoms with Crippen molar-refractivity contribution in [3.05, 3.63) is 24.3 Å². The lowest BCUT2D eigenvalue weighted by Crippen LogP contribution is -2.32. The van der Waals surface area contributed by atoms with Crippen molar-refractivity contribution < 1.29 is 23.0 Å². The van der Waals surface area contributed by atoms with Crippen LogP contribution < -0.4 is 9.46 Å². The zero-order chi connectivity index (χ0) is 15.0. The third-order valence-electron chi connectivity index (χ3n) is 2.51. The maximum Gasteiger partial charge on any atom is 0.240 e. The Morgan fingerprint density at radius 2 is 1.95 bits per heavy atom. The van der Waals surface area contributed by atoms with Crippen LogP contribution in [0.5, 0.6) is 5.75 Å². The molecule has 1 unspecified atom stereocenters. The lowest BCUT2D eigenvalue weighted by Gasteiger charge is -2.13. The Labute approximate surface area is 119 Å². The molecule has 0 spiro atoms. The van der Waals surface area contributed by atoms with E-state index < -0.39 is 10.0 Å². The highest BCUT2D eigenvalue weighted by molar-refractivity contribution is 7.89. The van der Waals surface area contributed by atoms with Crippen molar-refractivity contribution in [2.75, 3.05) is 26.4 Å². The first-order valence-electron chi connectivity index (χ1n) is 6.44. The van der Waals surface area contributed by atoms with Crippen LogP contribution in [0.1, 0.15) is 13.8 Å². The Balaban J connectivity index is 2.63. The summed E-state index contributed by atoms with van der Waals surface area (Å²) in [4.78, 5) is 0.164. The minimum absolute atomic E-state index is 0.0864. The molecule has 7 heteroatoms. The second-order valence-corrected chi connectivity index (χ2v) is 5.93. The molecule has 1 aromatic rings. The fourth-order valence-electron chi connectivity index (χ4n) is 1.53. The molecule has 0 saturated carbocycles. The average molecular weight is 303 g/mol. The highest BCUT2D eigenvalue weighted by atomic mass is 32.2. The zero-order valence-corrected chi connectivity index (χ0v) is 12.5. The van der Waals surface area contributed by atoms with Gasteiger partial charge in [-0.3, -0.25) is 0 Å². The van der Waals surface area contributed by atoms with Crippen molar-refractivity contribution in [1.29, 1.82) is 0 Å². The Morgan fingerprint density at radius 3 is 2.50 bits per heavy atom. The molecule has 1 aromatic carbocycles. The van der Waals surface area contributed by atoms with Crippen LogP contribution in [-0.4, -0.2) is 46.0 Å². The number of hydrogen-bond acceptors (Lipinski definition) is 5. The Morgan fingerprint density at radius 1 is 1.30 bits per heavy atom. The number of nitrogens with one attached hydrogen (secondary N) is 1. The van der Waals surface area contributed by atoms with Gasteiger partial charge >= 0.3 is 0 Å². The van der Waals surface area contributed by atoms with Gasteiger partial charge in [0.1, 0.15) is 12.4 Å². The summed E-state index contributed by atoms with van der Waals surface area (Å²) in [5.41, 5.74) is 0. The maximum atomic E-state index is 12.0. The molecule has 1 atom stereocenters. The van der Waals surface area contributed by atoms with E-state index in [1.165, 1.54) is 12.1 Å². The molecule has 0 aromatic heterocycles. The minimum atomic E-state index is -3.55. The summed E-state index contributed by atoms with van der Waals surface area (Å²) in [6, 6.07) is 6.02. The van der Waals surface area contributed by atoms with Gasteiger partial charge in [0.25, 0.3) is 0 Å². The summed E-state index contributed by atoms with van der Waals surface area (Å²) in [6.07, 6.45) is -0.179. The molecule has 114 valence electrons. The van der Waals surface area contributed by atoms with Crippen molar-refractivity contribution in [2.45, 2.75) is 24.8 Å². The van der Waals surface area contributed by atoms with Crippen LogP contribution in [0.3, 0.4) is 0 Å². The molecule has 0 radical (unpaired) electrons. The van der Waals surface area contributed by atoms with Crippen LogP contribution in [-0.2, 0) is 14.8 Å². The first kappa shape index (κ1) is 16.9. The monoisotopic (exact) mass is 303 g/mol. The molecule has 0 aliphatic rings. The fraction of sp³-hybridized carbons (Fsp3) is 0.538. The molecule has 0 bridgehead atoms. The molecule has 0 heterocycles. The van der Waals surface area contributed by atoms with E-state index in [1.807, 2.05) is 6.92 Å². The van der Waals surface area contributed by atoms with E-state index in [0.717, 1.165) is 0 Å². The maximum absolute atomic E-state index is 12.0. The van der Waals surface area contributed by atoms with Crippen molar-refractivity contribution >= 4 is 10.0 Å². The van der Waals surface area contributed by atoms with E-state index >= 15 is 0 Å². The minimum Gasteiger partial charge on any atom is -0.491 e. The average Bonchev–Trinajstić information content (AvgIpc) is 2.44. The zero-order valence-electron chi connectivity index (χ0n) is 11.7. The molecule has 0 fully saturated rings. The second-order valence-electron chi connectivity index (χ2n) is 4.16. The summed E-state index contributed by atoms with van der Waals surface area (Å²) in [5, 5.41) is 8.63. The van der Waals surface area contributed by atoms with Gasteiger partial charge in [0.2, 0.25) is 10.0 Å². The Kier molecular flexibility index (Phi) is 6.94. The topological polar surface area (TPSA) is 84.9 Å². The third kappa shape index (κ3) is 5.46. The van der Waals surface area contributed by atoms with E-state index in [0.29, 0.717) is 12.4 Å². The summed E-state index contributed by atoms with van der Waals surface area (Å²) < 4.78 is 37.0. The van der Waals surface area contributed by atoms with E-state index in [4.69, 9.17) is 14.6 Å². The van der Waals surface area contributed by atoms with Gasteiger partial charge in [-0.15, -0.1) is 0 Å². The van der Waals surface area contributed by atoms with Crippen molar-refractivity contribution in [2.24, 2.45) is 0 Å². The van der Waals surface area contributed by atoms with E-state index in [9.17, 15) is 8.42 Å². The standard InChI is InChI=1S/C13H21NO5S/c1-3-18-11(2)10-14-20(16,17)13-6-4-12(5-7-13)19-9-8-15/h4-7,11,14-15H,3,8-10H2,1-2H3. The summed E-state index contributed by atoms with van der Waals surface area (Å²) >= 11 is 0. The predicted octanol–water partition coefficient (Wildman–Crippen LogP) is 0.761. The molecule has 0 aliphatic heterocycles. The predicted molar refractivity (Wildman–Crippen MR) is 75.3 cm³/mol. The molecule has 0 saturated heterocycles. The summed E-state index contributed by atoms with van der Waals surface area (Å²) in [7, 11) is -3.55. The first-order valence-corrected chi connectivity index (χ1v) is 7.93. The SMILES string of the molecule is CCOC(C)CNS(=O)(=O)c1ccc(OCCO)cc1. The molecule has 0 aliphatic carbocycles. The van der Waals surface area contributed by atoms with Crippen molar-refractivity contribution in [3.8, 4) is 5.75 Å². The van der Waals surface area contributed by atoms with E-state index in [-0.39, 0.29) is 30.8 Å². The van der Waals surface area contributed by atoms with E-state index in [2.05, 4.69) is 4.72 Å². The number of rotatable bonds is 9. The number of aliphatic hydroxyl groups excluding tert-OH is 1. The first-order chi connectivity index (χ1) is 9.49. The molecule has 0 amide bonds. The molecule has 20 heavy (non-hydrogen) atoms. The van der Waals surface area contributed by atoms with Crippen LogP contribution >= 0.6 is 0 Å². The Bertz CT molecular complexity index is 486. The lowest BCUT2D eigenvalue weighted by molar-refractivity contribution is 0.0799. The second kappa shape index (κ2) is 8.21. The highest BCUT2D eigenvalue weighted by Crippen LogP contribution is 2.15. The van der Waals surface area contributed by atoms with Crippen LogP contribution in [0, 0.1) is 0 Å². The molecule has 2 N–H and O–H groups in total. The van der Waals surface area contributed by atoms with Gasteiger partial charge < -0.3 is 14.6 Å². The van der Waals surface area contributed by atoms with Crippen molar-refractivity contribution in [1.82, 2.24) is 4.72 Å². The van der Waals surface area contributed by atoms with Crippen LogP contribution in [0.15, 0.2) is 29.2 Å². The van der Waals surface area contributed by atoms with Crippen LogP contribution in [0.25, 0.3) is 0 Å². The molecular weight excluding hydrogens is 282 g/mol. The Hall–Kier alpha value is -1.15. The van der Waals surface area contributed by atoms with Crippen molar-refractivity contribution in [3.63, 3.8) is 0 Å². The smallest absolute Gasteiger partial charge is 0.240 e. The van der Waals surface area contributed by atoms with Gasteiger partial charge in [-0.25, -0.2) is 13.1 Å². The van der Waals surface area contributed by atoms with Gasteiger partial charge in [-0.05, 0) is 38.1 Å². The van der Waals surface area contributed by atoms with Gasteiger partial charge in [0.15, 0.2) is 0 Å². The number of ether oxygens (including phenoxy) is 2. The van der Waals surface area contributed by atoms with Gasteiger partial charge in [0, 0.05) is 13.2 Å². The molecule has 6 nitrogen and oxygen atoms in total. The third-order valence-corrected chi connectivity index (χ3v) is 3.95. The van der Waals surface area contributed by atoms with Gasteiger partial charge in [-0.1, -0.05) is 0 Å². The highest BCUT2D eigenvalue weighted by Gasteiger charge is 2.15. The number of hydrogen-bond donors (Lipinski definition) is 2. The lowest BCUT2D eigenvalue weighted by atomic mass is 10.3. The number of sulfonamides is 1. The van der Waals surface area contributed by atoms with Crippen LogP contribution in [0.4, 0.5) is 0 Å². The summed E-state index contributed by atoms with van der Waals surface area (Å²) in [5.74, 6) is 0.515. The van der Waals surface area contributed by atoms with E-state index in [1.54, 1.807) is 19.1 Å². The summed E-state index contributed by atoms with van der Waals surface area (Å²) in [6.45, 7) is 4.51. The van der Waals surface area contributed by atoms with Crippen LogP contribution in [0.2, 0.25) is 0 Å². The largest absolute Gasteiger partial charge is 0.491 e. The number of benzene rings is 1. The van der Waals surface area contributed by atoms with Gasteiger partial charge in [-0.2, -0.15) is 0 Å². The molecule has 1 rings (SSSR count). The van der Waals surface area contributed by atoms with Gasteiger partial charge in [0.05, 0.1) is 17.6 Å². The molecular formula is C13H21NO5S. The number of aliphatic hydroxyl groups is 1. The normalized spacial score (nSPS) is 13.2. The fourth-order valence-corrected chi connectivity index (χ4v) is 2.65. The quantitative estimate of drug-likeness (QED) is 0.703.